The van der Waals surface area contributed by atoms with Crippen molar-refractivity contribution in [1.82, 2.24) is 4.31 Å². The number of amides is 1. The number of hydrogen-bond acceptors (Lipinski definition) is 5. The summed E-state index contributed by atoms with van der Waals surface area (Å²) in [6, 6.07) is 12.9. The van der Waals surface area contributed by atoms with Crippen molar-refractivity contribution in [1.29, 1.82) is 0 Å². The number of nitrogens with one attached hydrogen (secondary N) is 1. The normalized spacial score (nSPS) is 16.9. The lowest BCUT2D eigenvalue weighted by atomic mass is 9.96. The van der Waals surface area contributed by atoms with Crippen LogP contribution in [0.4, 0.5) is 5.69 Å². The summed E-state index contributed by atoms with van der Waals surface area (Å²) in [5.74, 6) is -0.638. The average molecular weight is 402 g/mol. The van der Waals surface area contributed by atoms with Gasteiger partial charge in [0.1, 0.15) is 11.8 Å². The molecular weight excluding hydrogens is 380 g/mol. The van der Waals surface area contributed by atoms with Gasteiger partial charge in [0.25, 0.3) is 0 Å². The van der Waals surface area contributed by atoms with Crippen LogP contribution in [0.5, 0.6) is 5.75 Å². The number of benzene rings is 2. The first kappa shape index (κ1) is 20.0. The molecule has 0 saturated carbocycles. The molecule has 1 N–H and O–H groups in total. The molecule has 28 heavy (non-hydrogen) atoms. The van der Waals surface area contributed by atoms with Gasteiger partial charge < -0.3 is 10.1 Å². The molecule has 8 heteroatoms. The average Bonchev–Trinajstić information content (AvgIpc) is 2.68. The molecule has 0 bridgehead atoms. The largest absolute Gasteiger partial charge is 0.425 e. The summed E-state index contributed by atoms with van der Waals surface area (Å²) < 4.78 is 31.8. The van der Waals surface area contributed by atoms with Gasteiger partial charge in [0, 0.05) is 25.6 Å². The number of sulfonamides is 1. The van der Waals surface area contributed by atoms with E-state index in [1.54, 1.807) is 31.2 Å². The number of fused-ring (bicyclic) bond motifs is 1. The van der Waals surface area contributed by atoms with Gasteiger partial charge in [0.2, 0.25) is 15.9 Å². The van der Waals surface area contributed by atoms with Crippen molar-refractivity contribution >= 4 is 27.6 Å². The Balaban J connectivity index is 1.82. The van der Waals surface area contributed by atoms with Crippen molar-refractivity contribution in [3.05, 3.63) is 59.7 Å². The molecule has 2 aromatic carbocycles. The molecule has 0 saturated heterocycles. The van der Waals surface area contributed by atoms with Crippen LogP contribution in [-0.4, -0.2) is 36.4 Å². The smallest absolute Gasteiger partial charge is 0.330 e. The highest BCUT2D eigenvalue weighted by Gasteiger charge is 2.39. The molecule has 1 aliphatic rings. The highest BCUT2D eigenvalue weighted by Crippen LogP contribution is 2.27. The third kappa shape index (κ3) is 4.40. The van der Waals surface area contributed by atoms with Crippen LogP contribution in [0, 0.1) is 0 Å². The Morgan fingerprint density at radius 2 is 1.75 bits per heavy atom. The second kappa shape index (κ2) is 8.12. The Morgan fingerprint density at radius 1 is 1.11 bits per heavy atom. The standard InChI is InChI=1S/C20H22N2O5S/c1-3-28(25,26)22-13-16-7-5-4-6-15(16)12-19(22)20(24)27-18-10-8-17(9-11-18)21-14(2)23/h4-11,19H,3,12-13H2,1-2H3,(H,21,23). The molecule has 1 amide bonds. The molecule has 0 aliphatic carbocycles. The van der Waals surface area contributed by atoms with Crippen LogP contribution in [0.3, 0.4) is 0 Å². The molecule has 1 atom stereocenters. The van der Waals surface area contributed by atoms with Crippen molar-refractivity contribution < 1.29 is 22.7 Å². The van der Waals surface area contributed by atoms with E-state index in [0.29, 0.717) is 5.69 Å². The summed E-state index contributed by atoms with van der Waals surface area (Å²) in [5, 5.41) is 2.63. The van der Waals surface area contributed by atoms with Crippen LogP contribution in [0.15, 0.2) is 48.5 Å². The number of carbonyl (C=O) groups excluding carboxylic acids is 2. The topological polar surface area (TPSA) is 92.8 Å². The highest BCUT2D eigenvalue weighted by atomic mass is 32.2. The van der Waals surface area contributed by atoms with Gasteiger partial charge in [-0.1, -0.05) is 24.3 Å². The van der Waals surface area contributed by atoms with E-state index < -0.39 is 22.0 Å². The Hall–Kier alpha value is -2.71. The van der Waals surface area contributed by atoms with Crippen LogP contribution in [0.25, 0.3) is 0 Å². The lowest BCUT2D eigenvalue weighted by Crippen LogP contribution is -2.50. The Kier molecular flexibility index (Phi) is 5.81. The van der Waals surface area contributed by atoms with Crippen LogP contribution >= 0.6 is 0 Å². The zero-order valence-electron chi connectivity index (χ0n) is 15.7. The number of nitrogens with zero attached hydrogens (tertiary/aromatic N) is 1. The van der Waals surface area contributed by atoms with Crippen molar-refractivity contribution in [2.45, 2.75) is 32.9 Å². The predicted octanol–water partition coefficient (Wildman–Crippen LogP) is 2.33. The maximum atomic E-state index is 12.8. The molecular formula is C20H22N2O5S. The fourth-order valence-corrected chi connectivity index (χ4v) is 4.37. The molecule has 7 nitrogen and oxygen atoms in total. The van der Waals surface area contributed by atoms with Crippen molar-refractivity contribution in [2.24, 2.45) is 0 Å². The van der Waals surface area contributed by atoms with E-state index in [-0.39, 0.29) is 30.4 Å². The maximum Gasteiger partial charge on any atom is 0.330 e. The minimum Gasteiger partial charge on any atom is -0.425 e. The van der Waals surface area contributed by atoms with Gasteiger partial charge in [-0.2, -0.15) is 4.31 Å². The summed E-state index contributed by atoms with van der Waals surface area (Å²) in [7, 11) is -3.59. The van der Waals surface area contributed by atoms with Crippen molar-refractivity contribution in [3.8, 4) is 5.75 Å². The lowest BCUT2D eigenvalue weighted by Gasteiger charge is -2.34. The van der Waals surface area contributed by atoms with Crippen molar-refractivity contribution in [2.75, 3.05) is 11.1 Å². The zero-order valence-corrected chi connectivity index (χ0v) is 16.5. The highest BCUT2D eigenvalue weighted by molar-refractivity contribution is 7.89. The number of rotatable bonds is 5. The SMILES string of the molecule is CCS(=O)(=O)N1Cc2ccccc2CC1C(=O)Oc1ccc(NC(C)=O)cc1. The molecule has 1 unspecified atom stereocenters. The summed E-state index contributed by atoms with van der Waals surface area (Å²) in [4.78, 5) is 23.9. The lowest BCUT2D eigenvalue weighted by molar-refractivity contribution is -0.139. The number of hydrogen-bond donors (Lipinski definition) is 1. The van der Waals surface area contributed by atoms with Crippen LogP contribution in [0.1, 0.15) is 25.0 Å². The van der Waals surface area contributed by atoms with Gasteiger partial charge in [-0.25, -0.2) is 13.2 Å². The molecule has 1 aliphatic heterocycles. The van der Waals surface area contributed by atoms with E-state index in [1.165, 1.54) is 11.2 Å². The van der Waals surface area contributed by atoms with Gasteiger partial charge in [-0.05, 0) is 42.3 Å². The third-order valence-electron chi connectivity index (χ3n) is 4.59. The van der Waals surface area contributed by atoms with E-state index in [1.807, 2.05) is 24.3 Å². The van der Waals surface area contributed by atoms with E-state index >= 15 is 0 Å². The fraction of sp³-hybridized carbons (Fsp3) is 0.300. The molecule has 0 radical (unpaired) electrons. The minimum atomic E-state index is -3.59. The Morgan fingerprint density at radius 3 is 2.36 bits per heavy atom. The van der Waals surface area contributed by atoms with Gasteiger partial charge in [0.15, 0.2) is 0 Å². The Labute approximate surface area is 164 Å². The zero-order chi connectivity index (χ0) is 20.3. The van der Waals surface area contributed by atoms with Crippen LogP contribution < -0.4 is 10.1 Å². The van der Waals surface area contributed by atoms with E-state index in [0.717, 1.165) is 11.1 Å². The van der Waals surface area contributed by atoms with Gasteiger partial charge in [-0.3, -0.25) is 4.79 Å². The summed E-state index contributed by atoms with van der Waals surface area (Å²) >= 11 is 0. The number of esters is 1. The quantitative estimate of drug-likeness (QED) is 0.612. The van der Waals surface area contributed by atoms with Crippen LogP contribution in [-0.2, 0) is 32.6 Å². The molecule has 1 heterocycles. The van der Waals surface area contributed by atoms with Gasteiger partial charge >= 0.3 is 5.97 Å². The summed E-state index contributed by atoms with van der Waals surface area (Å²) in [6.45, 7) is 3.10. The first-order valence-corrected chi connectivity index (χ1v) is 10.6. The second-order valence-corrected chi connectivity index (χ2v) is 8.77. The van der Waals surface area contributed by atoms with Gasteiger partial charge in [-0.15, -0.1) is 0 Å². The second-order valence-electron chi connectivity index (χ2n) is 6.56. The molecule has 3 rings (SSSR count). The molecule has 2 aromatic rings. The molecule has 0 aromatic heterocycles. The predicted molar refractivity (Wildman–Crippen MR) is 105 cm³/mol. The third-order valence-corrected chi connectivity index (χ3v) is 6.42. The first-order valence-electron chi connectivity index (χ1n) is 8.96. The summed E-state index contributed by atoms with van der Waals surface area (Å²) in [5.41, 5.74) is 2.41. The first-order chi connectivity index (χ1) is 13.3. The Bertz CT molecular complexity index is 986. The van der Waals surface area contributed by atoms with E-state index in [9.17, 15) is 18.0 Å². The minimum absolute atomic E-state index is 0.0929. The maximum absolute atomic E-state index is 12.8. The number of carbonyl (C=O) groups is 2. The van der Waals surface area contributed by atoms with E-state index in [2.05, 4.69) is 5.32 Å². The number of anilines is 1. The van der Waals surface area contributed by atoms with Crippen LogP contribution in [0.2, 0.25) is 0 Å². The van der Waals surface area contributed by atoms with Crippen molar-refractivity contribution in [3.63, 3.8) is 0 Å². The summed E-state index contributed by atoms with van der Waals surface area (Å²) in [6.07, 6.45) is 0.262. The monoisotopic (exact) mass is 402 g/mol. The van der Waals surface area contributed by atoms with E-state index in [4.69, 9.17) is 4.74 Å². The number of ether oxygens (including phenoxy) is 1. The molecule has 148 valence electrons. The molecule has 0 fully saturated rings. The molecule has 0 spiro atoms. The fourth-order valence-electron chi connectivity index (χ4n) is 3.15. The van der Waals surface area contributed by atoms with Gasteiger partial charge in [0.05, 0.1) is 5.75 Å².